The van der Waals surface area contributed by atoms with Crippen molar-refractivity contribution in [3.8, 4) is 23.0 Å². The Morgan fingerprint density at radius 2 is 1.20 bits per heavy atom. The molecule has 0 aromatic heterocycles. The number of carbonyl (C=O) groups excluding carboxylic acids is 2. The molecule has 0 radical (unpaired) electrons. The average Bonchev–Trinajstić information content (AvgIpc) is 3.00. The second kappa shape index (κ2) is 18.7. The highest BCUT2D eigenvalue weighted by Gasteiger charge is 2.17. The van der Waals surface area contributed by atoms with Crippen LogP contribution < -0.4 is 35.3 Å². The third kappa shape index (κ3) is 11.3. The Balaban J connectivity index is 0.000000408. The molecule has 12 heteroatoms. The fraction of sp³-hybridized carbons (Fsp3) is 0.500. The first-order valence-corrected chi connectivity index (χ1v) is 12.9. The quantitative estimate of drug-likeness (QED) is 0.211. The third-order valence-corrected chi connectivity index (χ3v) is 6.02. The lowest BCUT2D eigenvalue weighted by Gasteiger charge is -2.19. The Kier molecular flexibility index (Phi) is 16.1. The number of carbonyl (C=O) groups is 2. The number of likely N-dealkylation sites (N-methyl/N-ethyl adjacent to an activating group) is 1. The molecule has 12 nitrogen and oxygen atoms in total. The number of nitrogens with two attached hydrogens (primary N) is 1. The van der Waals surface area contributed by atoms with E-state index in [-0.39, 0.29) is 31.4 Å². The number of benzene rings is 2. The minimum Gasteiger partial charge on any atom is -0.497 e. The molecule has 0 saturated heterocycles. The van der Waals surface area contributed by atoms with E-state index in [0.717, 1.165) is 13.1 Å². The van der Waals surface area contributed by atoms with Crippen molar-refractivity contribution >= 4 is 11.8 Å². The molecule has 0 aliphatic rings. The summed E-state index contributed by atoms with van der Waals surface area (Å²) in [5, 5.41) is 25.5. The van der Waals surface area contributed by atoms with Crippen molar-refractivity contribution < 1.29 is 38.7 Å². The van der Waals surface area contributed by atoms with Crippen LogP contribution in [0.5, 0.6) is 23.0 Å². The molecule has 40 heavy (non-hydrogen) atoms. The number of ether oxygens (including phenoxy) is 4. The first-order chi connectivity index (χ1) is 19.2. The minimum absolute atomic E-state index is 0.0690. The first kappa shape index (κ1) is 34.4. The highest BCUT2D eigenvalue weighted by atomic mass is 16.5. The van der Waals surface area contributed by atoms with Crippen molar-refractivity contribution in [2.75, 3.05) is 67.7 Å². The SMILES string of the molecule is CCN(CC)CC(=O)NCC(O)c1cc(OC)ccc1OC.COc1ccc(OC)c(C(O)CNC(=O)CN)c1. The number of rotatable bonds is 15. The number of aliphatic hydroxyl groups is 2. The molecule has 224 valence electrons. The number of hydrogen-bond donors (Lipinski definition) is 5. The third-order valence-electron chi connectivity index (χ3n) is 6.02. The van der Waals surface area contributed by atoms with Crippen molar-refractivity contribution in [3.05, 3.63) is 47.5 Å². The first-order valence-electron chi connectivity index (χ1n) is 12.9. The van der Waals surface area contributed by atoms with Crippen LogP contribution in [-0.4, -0.2) is 94.6 Å². The van der Waals surface area contributed by atoms with Crippen LogP contribution in [-0.2, 0) is 9.59 Å². The predicted molar refractivity (Wildman–Crippen MR) is 152 cm³/mol. The Morgan fingerprint density at radius 3 is 1.55 bits per heavy atom. The van der Waals surface area contributed by atoms with E-state index >= 15 is 0 Å². The van der Waals surface area contributed by atoms with Crippen molar-refractivity contribution in [2.45, 2.75) is 26.1 Å². The largest absolute Gasteiger partial charge is 0.497 e. The van der Waals surface area contributed by atoms with Crippen molar-refractivity contribution in [2.24, 2.45) is 5.73 Å². The summed E-state index contributed by atoms with van der Waals surface area (Å²) in [7, 11) is 6.14. The fourth-order valence-electron chi connectivity index (χ4n) is 3.62. The molecule has 2 aromatic carbocycles. The summed E-state index contributed by atoms with van der Waals surface area (Å²) >= 11 is 0. The molecule has 2 amide bonds. The molecule has 0 fully saturated rings. The summed E-state index contributed by atoms with van der Waals surface area (Å²) in [5.41, 5.74) is 6.30. The molecule has 2 aromatic rings. The van der Waals surface area contributed by atoms with Gasteiger partial charge in [-0.3, -0.25) is 14.5 Å². The molecule has 2 atom stereocenters. The van der Waals surface area contributed by atoms with Gasteiger partial charge in [0, 0.05) is 24.2 Å². The van der Waals surface area contributed by atoms with Gasteiger partial charge in [-0.25, -0.2) is 0 Å². The molecule has 0 bridgehead atoms. The molecule has 2 unspecified atom stereocenters. The van der Waals surface area contributed by atoms with Crippen LogP contribution in [0.3, 0.4) is 0 Å². The number of nitrogens with one attached hydrogen (secondary N) is 2. The smallest absolute Gasteiger partial charge is 0.234 e. The lowest BCUT2D eigenvalue weighted by Crippen LogP contribution is -2.38. The van der Waals surface area contributed by atoms with E-state index in [1.807, 2.05) is 18.7 Å². The molecule has 6 N–H and O–H groups in total. The van der Waals surface area contributed by atoms with Gasteiger partial charge in [0.2, 0.25) is 11.8 Å². The minimum atomic E-state index is -0.884. The molecule has 0 spiro atoms. The fourth-order valence-corrected chi connectivity index (χ4v) is 3.62. The maximum Gasteiger partial charge on any atom is 0.234 e. The van der Waals surface area contributed by atoms with Crippen molar-refractivity contribution in [3.63, 3.8) is 0 Å². The highest BCUT2D eigenvalue weighted by Crippen LogP contribution is 2.30. The average molecular weight is 565 g/mol. The Morgan fingerprint density at radius 1 is 0.775 bits per heavy atom. The summed E-state index contributed by atoms with van der Waals surface area (Å²) in [4.78, 5) is 24.9. The second-order valence-corrected chi connectivity index (χ2v) is 8.52. The van der Waals surface area contributed by atoms with Gasteiger partial charge in [0.15, 0.2) is 0 Å². The monoisotopic (exact) mass is 564 g/mol. The number of amides is 2. The van der Waals surface area contributed by atoms with Gasteiger partial charge >= 0.3 is 0 Å². The summed E-state index contributed by atoms with van der Waals surface area (Å²) in [6.07, 6.45) is -1.74. The number of nitrogens with zero attached hydrogens (tertiary/aromatic N) is 1. The van der Waals surface area contributed by atoms with Gasteiger partial charge in [-0.1, -0.05) is 13.8 Å². The van der Waals surface area contributed by atoms with Gasteiger partial charge in [0.05, 0.1) is 53.7 Å². The van der Waals surface area contributed by atoms with Crippen molar-refractivity contribution in [1.82, 2.24) is 15.5 Å². The Labute approximate surface area is 236 Å². The zero-order chi connectivity index (χ0) is 30.1. The maximum absolute atomic E-state index is 11.9. The van der Waals surface area contributed by atoms with E-state index < -0.39 is 12.2 Å². The van der Waals surface area contributed by atoms with E-state index in [2.05, 4.69) is 10.6 Å². The van der Waals surface area contributed by atoms with Gasteiger partial charge in [0.25, 0.3) is 0 Å². The highest BCUT2D eigenvalue weighted by molar-refractivity contribution is 5.78. The molecule has 0 aliphatic heterocycles. The van der Waals surface area contributed by atoms with Crippen LogP contribution in [0.4, 0.5) is 0 Å². The Hall–Kier alpha value is -3.58. The van der Waals surface area contributed by atoms with Crippen molar-refractivity contribution in [1.29, 1.82) is 0 Å². The molecule has 0 saturated carbocycles. The lowest BCUT2D eigenvalue weighted by molar-refractivity contribution is -0.122. The van der Waals surface area contributed by atoms with Gasteiger partial charge in [-0.15, -0.1) is 0 Å². The van der Waals surface area contributed by atoms with Crippen LogP contribution in [0.15, 0.2) is 36.4 Å². The summed E-state index contributed by atoms with van der Waals surface area (Å²) in [6, 6.07) is 10.3. The van der Waals surface area contributed by atoms with E-state index in [1.165, 1.54) is 21.3 Å². The van der Waals surface area contributed by atoms with E-state index in [9.17, 15) is 19.8 Å². The number of hydrogen-bond acceptors (Lipinski definition) is 10. The maximum atomic E-state index is 11.9. The normalized spacial score (nSPS) is 11.9. The molecular weight excluding hydrogens is 520 g/mol. The molecule has 0 heterocycles. The van der Waals surface area contributed by atoms with Gasteiger partial charge in [-0.05, 0) is 49.5 Å². The lowest BCUT2D eigenvalue weighted by atomic mass is 10.1. The van der Waals surface area contributed by atoms with Gasteiger partial charge in [0.1, 0.15) is 23.0 Å². The summed E-state index contributed by atoms with van der Waals surface area (Å²) < 4.78 is 20.6. The molecular formula is C28H44N4O8. The van der Waals surface area contributed by atoms with Crippen LogP contribution in [0, 0.1) is 0 Å². The zero-order valence-electron chi connectivity index (χ0n) is 24.2. The van der Waals surface area contributed by atoms with E-state index in [0.29, 0.717) is 40.7 Å². The standard InChI is InChI=1S/C16H26N2O4.C12H18N2O4/c1-5-18(6-2)11-16(20)17-10-14(19)13-9-12(21-3)7-8-15(13)22-4;1-17-8-3-4-11(18-2)9(5-8)10(15)7-14-12(16)6-13/h7-9,14,19H,5-6,10-11H2,1-4H3,(H,17,20);3-5,10,15H,6-7,13H2,1-2H3,(H,14,16). The van der Waals surface area contributed by atoms with E-state index in [4.69, 9.17) is 24.7 Å². The van der Waals surface area contributed by atoms with Crippen LogP contribution in [0.25, 0.3) is 0 Å². The van der Waals surface area contributed by atoms with Gasteiger partial charge < -0.3 is 45.5 Å². The number of methoxy groups -OCH3 is 4. The topological polar surface area (TPSA) is 165 Å². The van der Waals surface area contributed by atoms with Crippen LogP contribution >= 0.6 is 0 Å². The molecule has 2 rings (SSSR count). The zero-order valence-corrected chi connectivity index (χ0v) is 24.2. The summed E-state index contributed by atoms with van der Waals surface area (Å²) in [5.74, 6) is 1.90. The second-order valence-electron chi connectivity index (χ2n) is 8.52. The number of aliphatic hydroxyl groups excluding tert-OH is 2. The Bertz CT molecular complexity index is 1050. The predicted octanol–water partition coefficient (Wildman–Crippen LogP) is 1.01. The van der Waals surface area contributed by atoms with Crippen LogP contribution in [0.1, 0.15) is 37.2 Å². The summed E-state index contributed by atoms with van der Waals surface area (Å²) in [6.45, 7) is 6.06. The van der Waals surface area contributed by atoms with Gasteiger partial charge in [-0.2, -0.15) is 0 Å². The van der Waals surface area contributed by atoms with E-state index in [1.54, 1.807) is 43.5 Å². The molecule has 0 aliphatic carbocycles. The van der Waals surface area contributed by atoms with Crippen LogP contribution in [0.2, 0.25) is 0 Å².